The molecule has 0 aliphatic heterocycles. The van der Waals surface area contributed by atoms with Crippen LogP contribution >= 0.6 is 0 Å². The van der Waals surface area contributed by atoms with E-state index in [2.05, 4.69) is 24.2 Å². The lowest BCUT2D eigenvalue weighted by atomic mass is 10.1. The summed E-state index contributed by atoms with van der Waals surface area (Å²) < 4.78 is 1.99. The van der Waals surface area contributed by atoms with E-state index in [1.165, 1.54) is 5.69 Å². The fourth-order valence-corrected chi connectivity index (χ4v) is 1.87. The molecular weight excluding hydrogens is 198 g/mol. The predicted molar refractivity (Wildman–Crippen MR) is 65.5 cm³/mol. The lowest BCUT2D eigenvalue weighted by Crippen LogP contribution is -2.05. The zero-order valence-electron chi connectivity index (χ0n) is 9.56. The van der Waals surface area contributed by atoms with Gasteiger partial charge in [0.25, 0.3) is 0 Å². The topological polar surface area (TPSA) is 43.8 Å². The Kier molecular flexibility index (Phi) is 3.37. The summed E-state index contributed by atoms with van der Waals surface area (Å²) in [5, 5.41) is 4.41. The van der Waals surface area contributed by atoms with Gasteiger partial charge in [-0.3, -0.25) is 0 Å². The van der Waals surface area contributed by atoms with E-state index < -0.39 is 0 Å². The molecule has 1 heterocycles. The fraction of sp³-hybridized carbons (Fsp3) is 0.308. The van der Waals surface area contributed by atoms with Gasteiger partial charge in [0.15, 0.2) is 0 Å². The van der Waals surface area contributed by atoms with Gasteiger partial charge in [-0.15, -0.1) is 0 Å². The third-order valence-electron chi connectivity index (χ3n) is 2.66. The van der Waals surface area contributed by atoms with Crippen LogP contribution in [0.25, 0.3) is 5.69 Å². The van der Waals surface area contributed by atoms with Gasteiger partial charge in [0.1, 0.15) is 0 Å². The third kappa shape index (κ3) is 1.99. The summed E-state index contributed by atoms with van der Waals surface area (Å²) in [6.45, 7) is 2.73. The molecule has 0 spiro atoms. The van der Waals surface area contributed by atoms with Gasteiger partial charge in [-0.2, -0.15) is 5.10 Å². The summed E-state index contributed by atoms with van der Waals surface area (Å²) in [7, 11) is 0. The minimum Gasteiger partial charge on any atom is -0.326 e. The lowest BCUT2D eigenvalue weighted by Gasteiger charge is -2.07. The highest BCUT2D eigenvalue weighted by Gasteiger charge is 2.09. The van der Waals surface area contributed by atoms with E-state index in [1.807, 2.05) is 29.1 Å². The molecule has 0 saturated carbocycles. The van der Waals surface area contributed by atoms with Crippen LogP contribution in [-0.4, -0.2) is 9.78 Å². The van der Waals surface area contributed by atoms with Crippen molar-refractivity contribution in [3.05, 3.63) is 47.8 Å². The summed E-state index contributed by atoms with van der Waals surface area (Å²) in [5.74, 6) is 0. The Hall–Kier alpha value is -1.61. The van der Waals surface area contributed by atoms with Gasteiger partial charge in [-0.05, 0) is 18.6 Å². The van der Waals surface area contributed by atoms with Crippen molar-refractivity contribution in [2.75, 3.05) is 0 Å². The van der Waals surface area contributed by atoms with Gasteiger partial charge in [-0.1, -0.05) is 31.5 Å². The third-order valence-corrected chi connectivity index (χ3v) is 2.66. The number of rotatable bonds is 4. The molecule has 0 fully saturated rings. The quantitative estimate of drug-likeness (QED) is 0.850. The first-order valence-electron chi connectivity index (χ1n) is 5.68. The average molecular weight is 215 g/mol. The van der Waals surface area contributed by atoms with Crippen LogP contribution in [0.1, 0.15) is 24.6 Å². The van der Waals surface area contributed by atoms with Crippen molar-refractivity contribution < 1.29 is 0 Å². The number of aromatic nitrogens is 2. The SMILES string of the molecule is CCCc1c(CN)cnn1-c1ccccc1. The van der Waals surface area contributed by atoms with Crippen LogP contribution in [0.5, 0.6) is 0 Å². The Morgan fingerprint density at radius 1 is 1.25 bits per heavy atom. The Balaban J connectivity index is 2.44. The molecule has 0 aliphatic carbocycles. The molecule has 3 heteroatoms. The molecule has 84 valence electrons. The molecule has 0 atom stereocenters. The van der Waals surface area contributed by atoms with Gasteiger partial charge in [0.2, 0.25) is 0 Å². The molecule has 16 heavy (non-hydrogen) atoms. The maximum Gasteiger partial charge on any atom is 0.0648 e. The molecule has 1 aromatic carbocycles. The normalized spacial score (nSPS) is 10.6. The Morgan fingerprint density at radius 3 is 2.62 bits per heavy atom. The van der Waals surface area contributed by atoms with Gasteiger partial charge in [0, 0.05) is 17.8 Å². The summed E-state index contributed by atoms with van der Waals surface area (Å²) in [5.41, 5.74) is 9.20. The van der Waals surface area contributed by atoms with Crippen molar-refractivity contribution >= 4 is 0 Å². The standard InChI is InChI=1S/C13H17N3/c1-2-6-13-11(9-14)10-15-16(13)12-7-4-3-5-8-12/h3-5,7-8,10H,2,6,9,14H2,1H3. The summed E-state index contributed by atoms with van der Waals surface area (Å²) in [6, 6.07) is 10.2. The first kappa shape index (κ1) is 10.9. The van der Waals surface area contributed by atoms with Crippen LogP contribution in [0, 0.1) is 0 Å². The maximum absolute atomic E-state index is 5.72. The zero-order valence-corrected chi connectivity index (χ0v) is 9.56. The number of nitrogens with zero attached hydrogens (tertiary/aromatic N) is 2. The summed E-state index contributed by atoms with van der Waals surface area (Å²) in [4.78, 5) is 0. The highest BCUT2D eigenvalue weighted by atomic mass is 15.3. The number of hydrogen-bond acceptors (Lipinski definition) is 2. The fourth-order valence-electron chi connectivity index (χ4n) is 1.87. The molecule has 2 N–H and O–H groups in total. The van der Waals surface area contributed by atoms with E-state index >= 15 is 0 Å². The van der Waals surface area contributed by atoms with Crippen LogP contribution in [0.2, 0.25) is 0 Å². The van der Waals surface area contributed by atoms with Crippen molar-refractivity contribution in [2.24, 2.45) is 5.73 Å². The number of nitrogens with two attached hydrogens (primary N) is 1. The first-order chi connectivity index (χ1) is 7.86. The van der Waals surface area contributed by atoms with Crippen LogP contribution in [-0.2, 0) is 13.0 Å². The van der Waals surface area contributed by atoms with Crippen molar-refractivity contribution in [1.82, 2.24) is 9.78 Å². The monoisotopic (exact) mass is 215 g/mol. The maximum atomic E-state index is 5.72. The average Bonchev–Trinajstić information content (AvgIpc) is 2.74. The van der Waals surface area contributed by atoms with Gasteiger partial charge < -0.3 is 5.73 Å². The zero-order chi connectivity index (χ0) is 11.4. The minimum atomic E-state index is 0.558. The molecule has 0 saturated heterocycles. The van der Waals surface area contributed by atoms with Crippen molar-refractivity contribution in [1.29, 1.82) is 0 Å². The van der Waals surface area contributed by atoms with E-state index in [1.54, 1.807) is 0 Å². The van der Waals surface area contributed by atoms with Crippen molar-refractivity contribution in [3.8, 4) is 5.69 Å². The van der Waals surface area contributed by atoms with Gasteiger partial charge >= 0.3 is 0 Å². The Morgan fingerprint density at radius 2 is 2.00 bits per heavy atom. The Labute approximate surface area is 95.9 Å². The van der Waals surface area contributed by atoms with E-state index in [9.17, 15) is 0 Å². The smallest absolute Gasteiger partial charge is 0.0648 e. The second-order valence-electron chi connectivity index (χ2n) is 3.82. The predicted octanol–water partition coefficient (Wildman–Crippen LogP) is 2.28. The van der Waals surface area contributed by atoms with Crippen LogP contribution in [0.4, 0.5) is 0 Å². The molecule has 0 aliphatic rings. The number of hydrogen-bond donors (Lipinski definition) is 1. The highest BCUT2D eigenvalue weighted by Crippen LogP contribution is 2.16. The largest absolute Gasteiger partial charge is 0.326 e. The molecular formula is C13H17N3. The summed E-state index contributed by atoms with van der Waals surface area (Å²) in [6.07, 6.45) is 3.99. The van der Waals surface area contributed by atoms with Crippen LogP contribution < -0.4 is 5.73 Å². The molecule has 2 rings (SSSR count). The van der Waals surface area contributed by atoms with Crippen molar-refractivity contribution in [2.45, 2.75) is 26.3 Å². The Bertz CT molecular complexity index is 445. The number of benzene rings is 1. The molecule has 3 nitrogen and oxygen atoms in total. The molecule has 0 amide bonds. The van der Waals surface area contributed by atoms with Crippen molar-refractivity contribution in [3.63, 3.8) is 0 Å². The first-order valence-corrected chi connectivity index (χ1v) is 5.68. The second-order valence-corrected chi connectivity index (χ2v) is 3.82. The van der Waals surface area contributed by atoms with Gasteiger partial charge in [-0.25, -0.2) is 4.68 Å². The van der Waals surface area contributed by atoms with E-state index in [0.717, 1.165) is 24.1 Å². The molecule has 0 unspecified atom stereocenters. The van der Waals surface area contributed by atoms with E-state index in [-0.39, 0.29) is 0 Å². The van der Waals surface area contributed by atoms with E-state index in [4.69, 9.17) is 5.73 Å². The van der Waals surface area contributed by atoms with Crippen LogP contribution in [0.15, 0.2) is 36.5 Å². The summed E-state index contributed by atoms with van der Waals surface area (Å²) >= 11 is 0. The van der Waals surface area contributed by atoms with E-state index in [0.29, 0.717) is 6.54 Å². The molecule has 1 aromatic heterocycles. The molecule has 0 bridgehead atoms. The molecule has 0 radical (unpaired) electrons. The van der Waals surface area contributed by atoms with Gasteiger partial charge in [0.05, 0.1) is 11.9 Å². The lowest BCUT2D eigenvalue weighted by molar-refractivity contribution is 0.767. The second kappa shape index (κ2) is 4.94. The minimum absolute atomic E-state index is 0.558. The molecule has 2 aromatic rings. The van der Waals surface area contributed by atoms with Crippen LogP contribution in [0.3, 0.4) is 0 Å². The highest BCUT2D eigenvalue weighted by molar-refractivity contribution is 5.35. The number of para-hydroxylation sites is 1.